The molecule has 0 aliphatic rings. The average Bonchev–Trinajstić information content (AvgIpc) is 2.98. The average molecular weight is 340 g/mol. The SMILES string of the molecule is CCc1sc(C)nc1-c1ccc(C(=O)Nc2ccccc2F)cc1. The van der Waals surface area contributed by atoms with Crippen molar-refractivity contribution in [3.63, 3.8) is 0 Å². The lowest BCUT2D eigenvalue weighted by Crippen LogP contribution is -2.12. The molecule has 0 bridgehead atoms. The molecule has 0 saturated heterocycles. The quantitative estimate of drug-likeness (QED) is 0.720. The van der Waals surface area contributed by atoms with E-state index in [0.29, 0.717) is 5.56 Å². The summed E-state index contributed by atoms with van der Waals surface area (Å²) in [6.07, 6.45) is 0.927. The third-order valence-electron chi connectivity index (χ3n) is 3.67. The first-order chi connectivity index (χ1) is 11.6. The van der Waals surface area contributed by atoms with Crippen molar-refractivity contribution in [3.05, 3.63) is 69.8 Å². The Hall–Kier alpha value is -2.53. The highest BCUT2D eigenvalue weighted by molar-refractivity contribution is 7.12. The maximum atomic E-state index is 13.6. The van der Waals surface area contributed by atoms with Crippen LogP contribution in [0.4, 0.5) is 10.1 Å². The summed E-state index contributed by atoms with van der Waals surface area (Å²) in [5, 5.41) is 3.62. The largest absolute Gasteiger partial charge is 0.319 e. The van der Waals surface area contributed by atoms with Crippen LogP contribution >= 0.6 is 11.3 Å². The van der Waals surface area contributed by atoms with Crippen molar-refractivity contribution in [1.29, 1.82) is 0 Å². The number of halogens is 1. The number of benzene rings is 2. The maximum absolute atomic E-state index is 13.6. The van der Waals surface area contributed by atoms with E-state index in [9.17, 15) is 9.18 Å². The molecular formula is C19H17FN2OS. The van der Waals surface area contributed by atoms with Crippen molar-refractivity contribution in [2.75, 3.05) is 5.32 Å². The Morgan fingerprint density at radius 1 is 1.17 bits per heavy atom. The molecular weight excluding hydrogens is 323 g/mol. The standard InChI is InChI=1S/C19H17FN2OS/c1-3-17-18(21-12(2)24-17)13-8-10-14(11-9-13)19(23)22-16-7-5-4-6-15(16)20/h4-11H,3H2,1-2H3,(H,22,23). The van der Waals surface area contributed by atoms with E-state index < -0.39 is 5.82 Å². The highest BCUT2D eigenvalue weighted by Crippen LogP contribution is 2.28. The number of nitrogens with zero attached hydrogens (tertiary/aromatic N) is 1. The number of para-hydroxylation sites is 1. The predicted octanol–water partition coefficient (Wildman–Crippen LogP) is 5.07. The second kappa shape index (κ2) is 6.93. The number of amides is 1. The van der Waals surface area contributed by atoms with E-state index in [1.807, 2.05) is 19.1 Å². The summed E-state index contributed by atoms with van der Waals surface area (Å²) in [5.41, 5.74) is 2.61. The number of carbonyl (C=O) groups is 1. The minimum atomic E-state index is -0.451. The fourth-order valence-electron chi connectivity index (χ4n) is 2.47. The fraction of sp³-hybridized carbons (Fsp3) is 0.158. The van der Waals surface area contributed by atoms with Crippen molar-refractivity contribution in [3.8, 4) is 11.3 Å². The summed E-state index contributed by atoms with van der Waals surface area (Å²) in [7, 11) is 0. The van der Waals surface area contributed by atoms with Gasteiger partial charge in [0.15, 0.2) is 0 Å². The van der Waals surface area contributed by atoms with Crippen LogP contribution in [-0.2, 0) is 6.42 Å². The summed E-state index contributed by atoms with van der Waals surface area (Å²) >= 11 is 1.69. The normalized spacial score (nSPS) is 10.6. The molecule has 0 radical (unpaired) electrons. The van der Waals surface area contributed by atoms with Gasteiger partial charge in [-0.15, -0.1) is 11.3 Å². The summed E-state index contributed by atoms with van der Waals surface area (Å²) in [6, 6.07) is 13.3. The molecule has 0 saturated carbocycles. The van der Waals surface area contributed by atoms with Crippen molar-refractivity contribution >= 4 is 22.9 Å². The molecule has 3 nitrogen and oxygen atoms in total. The molecule has 0 unspecified atom stereocenters. The zero-order chi connectivity index (χ0) is 17.1. The summed E-state index contributed by atoms with van der Waals surface area (Å²) in [6.45, 7) is 4.09. The minimum Gasteiger partial charge on any atom is -0.319 e. The molecule has 1 heterocycles. The molecule has 24 heavy (non-hydrogen) atoms. The van der Waals surface area contributed by atoms with Crippen LogP contribution in [0.25, 0.3) is 11.3 Å². The molecule has 0 atom stereocenters. The van der Waals surface area contributed by atoms with Gasteiger partial charge in [0.2, 0.25) is 0 Å². The Kier molecular flexibility index (Phi) is 4.71. The van der Waals surface area contributed by atoms with E-state index in [1.54, 1.807) is 35.6 Å². The van der Waals surface area contributed by atoms with E-state index in [4.69, 9.17) is 0 Å². The third-order valence-corrected chi connectivity index (χ3v) is 4.78. The van der Waals surface area contributed by atoms with Gasteiger partial charge in [-0.3, -0.25) is 4.79 Å². The topological polar surface area (TPSA) is 42.0 Å². The van der Waals surface area contributed by atoms with Gasteiger partial charge < -0.3 is 5.32 Å². The van der Waals surface area contributed by atoms with E-state index in [2.05, 4.69) is 17.2 Å². The molecule has 3 rings (SSSR count). The van der Waals surface area contributed by atoms with Gasteiger partial charge in [-0.25, -0.2) is 9.37 Å². The van der Waals surface area contributed by atoms with Crippen LogP contribution in [0.15, 0.2) is 48.5 Å². The lowest BCUT2D eigenvalue weighted by molar-refractivity contribution is 0.102. The van der Waals surface area contributed by atoms with Gasteiger partial charge in [0.25, 0.3) is 5.91 Å². The van der Waals surface area contributed by atoms with Crippen LogP contribution in [0.5, 0.6) is 0 Å². The van der Waals surface area contributed by atoms with Crippen LogP contribution in [0, 0.1) is 12.7 Å². The minimum absolute atomic E-state index is 0.176. The number of carbonyl (C=O) groups excluding carboxylic acids is 1. The molecule has 2 aromatic carbocycles. The number of anilines is 1. The first-order valence-electron chi connectivity index (χ1n) is 7.71. The van der Waals surface area contributed by atoms with Crippen LogP contribution in [0.2, 0.25) is 0 Å². The van der Waals surface area contributed by atoms with E-state index >= 15 is 0 Å². The van der Waals surface area contributed by atoms with Crippen LogP contribution < -0.4 is 5.32 Å². The van der Waals surface area contributed by atoms with Crippen molar-refractivity contribution in [2.24, 2.45) is 0 Å². The number of aryl methyl sites for hydroxylation is 2. The molecule has 122 valence electrons. The smallest absolute Gasteiger partial charge is 0.255 e. The van der Waals surface area contributed by atoms with Gasteiger partial charge in [-0.05, 0) is 37.6 Å². The second-order valence-electron chi connectivity index (χ2n) is 5.37. The molecule has 1 amide bonds. The Morgan fingerprint density at radius 2 is 1.88 bits per heavy atom. The highest BCUT2D eigenvalue weighted by atomic mass is 32.1. The monoisotopic (exact) mass is 340 g/mol. The lowest BCUT2D eigenvalue weighted by atomic mass is 10.1. The Morgan fingerprint density at radius 3 is 2.54 bits per heavy atom. The molecule has 1 aromatic heterocycles. The van der Waals surface area contributed by atoms with Gasteiger partial charge in [0.05, 0.1) is 16.4 Å². The molecule has 0 aliphatic heterocycles. The summed E-state index contributed by atoms with van der Waals surface area (Å²) in [5.74, 6) is -0.787. The first-order valence-corrected chi connectivity index (χ1v) is 8.52. The summed E-state index contributed by atoms with van der Waals surface area (Å²) < 4.78 is 13.6. The third kappa shape index (κ3) is 3.36. The number of aromatic nitrogens is 1. The molecule has 0 fully saturated rings. The number of hydrogen-bond donors (Lipinski definition) is 1. The van der Waals surface area contributed by atoms with Gasteiger partial charge in [-0.2, -0.15) is 0 Å². The molecule has 0 aliphatic carbocycles. The zero-order valence-electron chi connectivity index (χ0n) is 13.5. The van der Waals surface area contributed by atoms with Crippen molar-refractivity contribution < 1.29 is 9.18 Å². The number of rotatable bonds is 4. The highest BCUT2D eigenvalue weighted by Gasteiger charge is 2.12. The fourth-order valence-corrected chi connectivity index (χ4v) is 3.37. The molecule has 5 heteroatoms. The Balaban J connectivity index is 1.81. The van der Waals surface area contributed by atoms with E-state index in [-0.39, 0.29) is 11.6 Å². The van der Waals surface area contributed by atoms with E-state index in [0.717, 1.165) is 22.7 Å². The predicted molar refractivity (Wildman–Crippen MR) is 96.0 cm³/mol. The second-order valence-corrected chi connectivity index (χ2v) is 6.66. The molecule has 0 spiro atoms. The maximum Gasteiger partial charge on any atom is 0.255 e. The van der Waals surface area contributed by atoms with Gasteiger partial charge in [-0.1, -0.05) is 31.2 Å². The zero-order valence-corrected chi connectivity index (χ0v) is 14.3. The Bertz CT molecular complexity index is 871. The van der Waals surface area contributed by atoms with Crippen molar-refractivity contribution in [1.82, 2.24) is 4.98 Å². The Labute approximate surface area is 144 Å². The van der Waals surface area contributed by atoms with Gasteiger partial charge in [0.1, 0.15) is 5.82 Å². The van der Waals surface area contributed by atoms with Crippen LogP contribution in [-0.4, -0.2) is 10.9 Å². The van der Waals surface area contributed by atoms with Gasteiger partial charge in [0, 0.05) is 16.0 Å². The van der Waals surface area contributed by atoms with E-state index in [1.165, 1.54) is 17.0 Å². The van der Waals surface area contributed by atoms with Crippen LogP contribution in [0.1, 0.15) is 27.2 Å². The van der Waals surface area contributed by atoms with Gasteiger partial charge >= 0.3 is 0 Å². The number of nitrogens with one attached hydrogen (secondary N) is 1. The van der Waals surface area contributed by atoms with Crippen molar-refractivity contribution in [2.45, 2.75) is 20.3 Å². The molecule has 3 aromatic rings. The number of hydrogen-bond acceptors (Lipinski definition) is 3. The first kappa shape index (κ1) is 16.3. The summed E-state index contributed by atoms with van der Waals surface area (Å²) in [4.78, 5) is 18.1. The number of thiazole rings is 1. The molecule has 1 N–H and O–H groups in total. The lowest BCUT2D eigenvalue weighted by Gasteiger charge is -2.07. The van der Waals surface area contributed by atoms with Crippen LogP contribution in [0.3, 0.4) is 0 Å².